The summed E-state index contributed by atoms with van der Waals surface area (Å²) in [7, 11) is 0. The minimum atomic E-state index is -0.00417. The Bertz CT molecular complexity index is 876. The molecule has 1 amide bonds. The van der Waals surface area contributed by atoms with E-state index in [9.17, 15) is 4.79 Å². The molecule has 0 saturated carbocycles. The highest BCUT2D eigenvalue weighted by atomic mass is 16.1. The van der Waals surface area contributed by atoms with Gasteiger partial charge in [0.1, 0.15) is 11.0 Å². The van der Waals surface area contributed by atoms with Crippen LogP contribution in [0.1, 0.15) is 44.4 Å². The van der Waals surface area contributed by atoms with Crippen LogP contribution in [0.25, 0.3) is 11.0 Å². The van der Waals surface area contributed by atoms with Crippen molar-refractivity contribution in [2.45, 2.75) is 59.5 Å². The van der Waals surface area contributed by atoms with Crippen LogP contribution in [0, 0.1) is 6.92 Å². The first-order valence-corrected chi connectivity index (χ1v) is 9.40. The number of nitrogens with one attached hydrogen (secondary N) is 1. The van der Waals surface area contributed by atoms with Gasteiger partial charge < -0.3 is 5.32 Å². The van der Waals surface area contributed by atoms with Gasteiger partial charge in [-0.2, -0.15) is 10.2 Å². The van der Waals surface area contributed by atoms with Crippen molar-refractivity contribution in [1.82, 2.24) is 19.6 Å². The summed E-state index contributed by atoms with van der Waals surface area (Å²) in [6.07, 6.45) is 5.68. The second kappa shape index (κ2) is 8.17. The van der Waals surface area contributed by atoms with Crippen molar-refractivity contribution in [2.75, 3.05) is 5.32 Å². The molecule has 26 heavy (non-hydrogen) atoms. The van der Waals surface area contributed by atoms with E-state index in [1.807, 2.05) is 34.6 Å². The summed E-state index contributed by atoms with van der Waals surface area (Å²) in [5.41, 5.74) is 5.14. The monoisotopic (exact) mass is 353 g/mol. The minimum absolute atomic E-state index is 0.00417. The third-order valence-electron chi connectivity index (χ3n) is 4.62. The van der Waals surface area contributed by atoms with Crippen LogP contribution in [0.2, 0.25) is 0 Å². The second-order valence-corrected chi connectivity index (χ2v) is 6.60. The van der Waals surface area contributed by atoms with Gasteiger partial charge in [0.05, 0.1) is 18.4 Å². The number of aryl methyl sites for hydroxylation is 4. The Morgan fingerprint density at radius 3 is 2.62 bits per heavy atom. The fourth-order valence-electron chi connectivity index (χ4n) is 3.20. The Hall–Kier alpha value is -2.63. The fraction of sp³-hybridized carbons (Fsp3) is 0.450. The summed E-state index contributed by atoms with van der Waals surface area (Å²) in [4.78, 5) is 12.3. The normalized spacial score (nSPS) is 11.2. The van der Waals surface area contributed by atoms with E-state index in [0.29, 0.717) is 13.0 Å². The highest BCUT2D eigenvalue weighted by molar-refractivity contribution is 5.90. The highest BCUT2D eigenvalue weighted by Gasteiger charge is 2.13. The number of carbonyl (C=O) groups excluding carboxylic acids is 1. The molecule has 0 aliphatic carbocycles. The smallest absolute Gasteiger partial charge is 0.226 e. The Kier molecular flexibility index (Phi) is 5.71. The molecule has 0 bridgehead atoms. The third kappa shape index (κ3) is 3.95. The predicted molar refractivity (Wildman–Crippen MR) is 104 cm³/mol. The summed E-state index contributed by atoms with van der Waals surface area (Å²) < 4.78 is 3.81. The SMILES string of the molecule is CCCCc1ccc(NC(=O)CCn2ncc3c2c(C)nn3CC)cc1. The van der Waals surface area contributed by atoms with Gasteiger partial charge in [0.2, 0.25) is 5.91 Å². The lowest BCUT2D eigenvalue weighted by Crippen LogP contribution is -2.15. The van der Waals surface area contributed by atoms with Crippen molar-refractivity contribution in [3.63, 3.8) is 0 Å². The van der Waals surface area contributed by atoms with Gasteiger partial charge in [0.25, 0.3) is 0 Å². The molecular weight excluding hydrogens is 326 g/mol. The number of hydrogen-bond acceptors (Lipinski definition) is 3. The lowest BCUT2D eigenvalue weighted by Gasteiger charge is -2.07. The Morgan fingerprint density at radius 1 is 1.15 bits per heavy atom. The molecule has 138 valence electrons. The average molecular weight is 353 g/mol. The molecule has 6 heteroatoms. The van der Waals surface area contributed by atoms with Gasteiger partial charge in [0.15, 0.2) is 0 Å². The van der Waals surface area contributed by atoms with E-state index in [4.69, 9.17) is 0 Å². The van der Waals surface area contributed by atoms with E-state index in [1.54, 1.807) is 0 Å². The molecule has 2 aromatic heterocycles. The number of amides is 1. The molecule has 6 nitrogen and oxygen atoms in total. The summed E-state index contributed by atoms with van der Waals surface area (Å²) in [6, 6.07) is 8.13. The van der Waals surface area contributed by atoms with Crippen molar-refractivity contribution >= 4 is 22.6 Å². The largest absolute Gasteiger partial charge is 0.326 e. The summed E-state index contributed by atoms with van der Waals surface area (Å²) in [5.74, 6) is -0.00417. The zero-order valence-corrected chi connectivity index (χ0v) is 15.8. The lowest BCUT2D eigenvalue weighted by atomic mass is 10.1. The molecule has 0 spiro atoms. The van der Waals surface area contributed by atoms with Gasteiger partial charge in [-0.05, 0) is 44.4 Å². The number of hydrogen-bond donors (Lipinski definition) is 1. The molecule has 1 N–H and O–H groups in total. The van der Waals surface area contributed by atoms with Crippen LogP contribution in [0.4, 0.5) is 5.69 Å². The quantitative estimate of drug-likeness (QED) is 0.667. The number of unbranched alkanes of at least 4 members (excludes halogenated alkanes) is 1. The van der Waals surface area contributed by atoms with Crippen LogP contribution in [0.15, 0.2) is 30.5 Å². The first-order valence-electron chi connectivity index (χ1n) is 9.40. The number of benzene rings is 1. The topological polar surface area (TPSA) is 64.7 Å². The van der Waals surface area contributed by atoms with E-state index >= 15 is 0 Å². The molecule has 3 rings (SSSR count). The van der Waals surface area contributed by atoms with Crippen LogP contribution in [0.3, 0.4) is 0 Å². The van der Waals surface area contributed by atoms with Crippen LogP contribution >= 0.6 is 0 Å². The van der Waals surface area contributed by atoms with E-state index in [0.717, 1.165) is 35.4 Å². The van der Waals surface area contributed by atoms with E-state index in [-0.39, 0.29) is 5.91 Å². The Balaban J connectivity index is 1.58. The molecule has 0 atom stereocenters. The molecule has 3 aromatic rings. The molecule has 2 heterocycles. The number of nitrogens with zero attached hydrogens (tertiary/aromatic N) is 4. The number of aromatic nitrogens is 4. The first kappa shape index (κ1) is 18.2. The maximum absolute atomic E-state index is 12.3. The fourth-order valence-corrected chi connectivity index (χ4v) is 3.20. The van der Waals surface area contributed by atoms with Crippen molar-refractivity contribution in [3.05, 3.63) is 41.7 Å². The predicted octanol–water partition coefficient (Wildman–Crippen LogP) is 3.93. The zero-order valence-electron chi connectivity index (χ0n) is 15.8. The first-order chi connectivity index (χ1) is 12.6. The number of fused-ring (bicyclic) bond motifs is 1. The third-order valence-corrected chi connectivity index (χ3v) is 4.62. The standard InChI is InChI=1S/C20H27N5O/c1-4-6-7-16-8-10-17(11-9-16)22-19(26)12-13-25-20-15(3)23-24(5-2)18(20)14-21-25/h8-11,14H,4-7,12-13H2,1-3H3,(H,22,26). The number of rotatable bonds is 8. The Labute approximate surface area is 154 Å². The van der Waals surface area contributed by atoms with Crippen LogP contribution in [0.5, 0.6) is 0 Å². The average Bonchev–Trinajstić information content (AvgIpc) is 3.20. The maximum Gasteiger partial charge on any atom is 0.226 e. The van der Waals surface area contributed by atoms with E-state index in [1.165, 1.54) is 18.4 Å². The zero-order chi connectivity index (χ0) is 18.5. The van der Waals surface area contributed by atoms with Crippen molar-refractivity contribution in [1.29, 1.82) is 0 Å². The van der Waals surface area contributed by atoms with Crippen molar-refractivity contribution in [3.8, 4) is 0 Å². The molecule has 0 fully saturated rings. The van der Waals surface area contributed by atoms with Gasteiger partial charge in [-0.3, -0.25) is 14.2 Å². The van der Waals surface area contributed by atoms with Crippen molar-refractivity contribution in [2.24, 2.45) is 0 Å². The minimum Gasteiger partial charge on any atom is -0.326 e. The molecule has 1 aromatic carbocycles. The second-order valence-electron chi connectivity index (χ2n) is 6.60. The maximum atomic E-state index is 12.3. The number of anilines is 1. The van der Waals surface area contributed by atoms with Crippen LogP contribution in [-0.4, -0.2) is 25.5 Å². The number of carbonyl (C=O) groups is 1. The van der Waals surface area contributed by atoms with E-state index in [2.05, 4.69) is 41.5 Å². The molecule has 0 saturated heterocycles. The molecule has 0 unspecified atom stereocenters. The summed E-state index contributed by atoms with van der Waals surface area (Å²) in [5, 5.41) is 11.9. The highest BCUT2D eigenvalue weighted by Crippen LogP contribution is 2.18. The van der Waals surface area contributed by atoms with E-state index < -0.39 is 0 Å². The molecular formula is C20H27N5O. The van der Waals surface area contributed by atoms with Gasteiger partial charge in [-0.15, -0.1) is 0 Å². The van der Waals surface area contributed by atoms with Gasteiger partial charge in [-0.25, -0.2) is 0 Å². The Morgan fingerprint density at radius 2 is 1.92 bits per heavy atom. The van der Waals surface area contributed by atoms with Gasteiger partial charge in [-0.1, -0.05) is 25.5 Å². The molecule has 0 radical (unpaired) electrons. The molecule has 0 aliphatic heterocycles. The lowest BCUT2D eigenvalue weighted by molar-refractivity contribution is -0.116. The summed E-state index contributed by atoms with van der Waals surface area (Å²) >= 11 is 0. The van der Waals surface area contributed by atoms with Crippen LogP contribution < -0.4 is 5.32 Å². The van der Waals surface area contributed by atoms with Crippen LogP contribution in [-0.2, 0) is 24.3 Å². The molecule has 0 aliphatic rings. The van der Waals surface area contributed by atoms with Gasteiger partial charge >= 0.3 is 0 Å². The van der Waals surface area contributed by atoms with Gasteiger partial charge in [0, 0.05) is 18.7 Å². The summed E-state index contributed by atoms with van der Waals surface area (Å²) in [6.45, 7) is 7.58. The van der Waals surface area contributed by atoms with Crippen molar-refractivity contribution < 1.29 is 4.79 Å².